The predicted octanol–water partition coefficient (Wildman–Crippen LogP) is 3.18. The number of benzene rings is 1. The van der Waals surface area contributed by atoms with Crippen molar-refractivity contribution < 1.29 is 4.79 Å². The second-order valence-electron chi connectivity index (χ2n) is 4.69. The van der Waals surface area contributed by atoms with Crippen LogP contribution in [0.25, 0.3) is 0 Å². The Morgan fingerprint density at radius 1 is 1.23 bits per heavy atom. The third-order valence-corrected chi connectivity index (χ3v) is 3.36. The number of carbonyl (C=O) groups is 1. The standard InChI is InChI=1S/C17H18N4O/c1-3-21(4-2)17(22)16-10-9-14(12-19-16)20-15-8-6-5-7-13(15)11-18/h5-10,12,20H,3-4H2,1-2H3. The van der Waals surface area contributed by atoms with Gasteiger partial charge in [0.25, 0.3) is 5.91 Å². The molecular formula is C17H18N4O. The van der Waals surface area contributed by atoms with Crippen LogP contribution in [0.4, 0.5) is 11.4 Å². The average molecular weight is 294 g/mol. The van der Waals surface area contributed by atoms with E-state index in [9.17, 15) is 4.79 Å². The van der Waals surface area contributed by atoms with E-state index in [1.165, 1.54) is 0 Å². The molecular weight excluding hydrogens is 276 g/mol. The molecule has 2 rings (SSSR count). The van der Waals surface area contributed by atoms with E-state index in [0.717, 1.165) is 11.4 Å². The van der Waals surface area contributed by atoms with Crippen molar-refractivity contribution in [3.63, 3.8) is 0 Å². The fraction of sp³-hybridized carbons (Fsp3) is 0.235. The van der Waals surface area contributed by atoms with Gasteiger partial charge in [-0.15, -0.1) is 0 Å². The summed E-state index contributed by atoms with van der Waals surface area (Å²) >= 11 is 0. The molecule has 2 aromatic rings. The average Bonchev–Trinajstić information content (AvgIpc) is 2.57. The van der Waals surface area contributed by atoms with Crippen molar-refractivity contribution in [1.29, 1.82) is 5.26 Å². The Balaban J connectivity index is 2.16. The molecule has 0 atom stereocenters. The number of hydrogen-bond acceptors (Lipinski definition) is 4. The second-order valence-corrected chi connectivity index (χ2v) is 4.69. The molecule has 0 radical (unpaired) electrons. The first kappa shape index (κ1) is 15.5. The maximum atomic E-state index is 12.2. The van der Waals surface area contributed by atoms with Gasteiger partial charge in [-0.1, -0.05) is 12.1 Å². The Morgan fingerprint density at radius 3 is 2.55 bits per heavy atom. The van der Waals surface area contributed by atoms with Gasteiger partial charge in [-0.3, -0.25) is 4.79 Å². The van der Waals surface area contributed by atoms with Crippen molar-refractivity contribution in [2.75, 3.05) is 18.4 Å². The summed E-state index contributed by atoms with van der Waals surface area (Å²) in [5, 5.41) is 12.2. The van der Waals surface area contributed by atoms with Crippen molar-refractivity contribution in [1.82, 2.24) is 9.88 Å². The quantitative estimate of drug-likeness (QED) is 0.919. The van der Waals surface area contributed by atoms with Gasteiger partial charge in [-0.05, 0) is 38.1 Å². The number of carbonyl (C=O) groups excluding carboxylic acids is 1. The topological polar surface area (TPSA) is 69.0 Å². The fourth-order valence-electron chi connectivity index (χ4n) is 2.11. The molecule has 0 aliphatic heterocycles. The van der Waals surface area contributed by atoms with Gasteiger partial charge in [0.15, 0.2) is 0 Å². The zero-order valence-corrected chi connectivity index (χ0v) is 12.7. The number of nitrogens with zero attached hydrogens (tertiary/aromatic N) is 3. The molecule has 1 N–H and O–H groups in total. The number of aromatic nitrogens is 1. The van der Waals surface area contributed by atoms with Gasteiger partial charge in [-0.2, -0.15) is 5.26 Å². The molecule has 1 aromatic carbocycles. The number of hydrogen-bond donors (Lipinski definition) is 1. The van der Waals surface area contributed by atoms with Crippen LogP contribution in [0.2, 0.25) is 0 Å². The molecule has 1 aromatic heterocycles. The van der Waals surface area contributed by atoms with E-state index in [0.29, 0.717) is 24.3 Å². The van der Waals surface area contributed by atoms with Crippen molar-refractivity contribution in [2.45, 2.75) is 13.8 Å². The molecule has 0 fully saturated rings. The van der Waals surface area contributed by atoms with Crippen LogP contribution in [0.15, 0.2) is 42.6 Å². The number of para-hydroxylation sites is 1. The van der Waals surface area contributed by atoms with E-state index in [1.54, 1.807) is 29.3 Å². The van der Waals surface area contributed by atoms with Crippen LogP contribution in [-0.2, 0) is 0 Å². The van der Waals surface area contributed by atoms with E-state index in [-0.39, 0.29) is 5.91 Å². The number of pyridine rings is 1. The Kier molecular flexibility index (Phi) is 5.10. The van der Waals surface area contributed by atoms with Gasteiger partial charge >= 0.3 is 0 Å². The third-order valence-electron chi connectivity index (χ3n) is 3.36. The number of rotatable bonds is 5. The molecule has 5 nitrogen and oxygen atoms in total. The molecule has 0 saturated heterocycles. The van der Waals surface area contributed by atoms with Crippen LogP contribution in [0, 0.1) is 11.3 Å². The Hall–Kier alpha value is -2.87. The third kappa shape index (κ3) is 3.41. The minimum atomic E-state index is -0.0750. The maximum Gasteiger partial charge on any atom is 0.272 e. The normalized spacial score (nSPS) is 9.86. The van der Waals surface area contributed by atoms with E-state index in [4.69, 9.17) is 5.26 Å². The lowest BCUT2D eigenvalue weighted by molar-refractivity contribution is 0.0767. The minimum absolute atomic E-state index is 0.0750. The van der Waals surface area contributed by atoms with Crippen molar-refractivity contribution in [3.05, 3.63) is 53.9 Å². The summed E-state index contributed by atoms with van der Waals surface area (Å²) in [4.78, 5) is 18.1. The molecule has 0 unspecified atom stereocenters. The summed E-state index contributed by atoms with van der Waals surface area (Å²) in [7, 11) is 0. The summed E-state index contributed by atoms with van der Waals surface area (Å²) in [6.45, 7) is 5.20. The number of nitriles is 1. The van der Waals surface area contributed by atoms with Crippen molar-refractivity contribution in [3.8, 4) is 6.07 Å². The highest BCUT2D eigenvalue weighted by Crippen LogP contribution is 2.19. The fourth-order valence-corrected chi connectivity index (χ4v) is 2.11. The first-order valence-corrected chi connectivity index (χ1v) is 7.21. The van der Waals surface area contributed by atoms with Gasteiger partial charge in [0.05, 0.1) is 23.1 Å². The smallest absolute Gasteiger partial charge is 0.272 e. The van der Waals surface area contributed by atoms with Crippen LogP contribution >= 0.6 is 0 Å². The first-order valence-electron chi connectivity index (χ1n) is 7.21. The zero-order chi connectivity index (χ0) is 15.9. The molecule has 22 heavy (non-hydrogen) atoms. The number of anilines is 2. The monoisotopic (exact) mass is 294 g/mol. The molecule has 0 saturated carbocycles. The Morgan fingerprint density at radius 2 is 1.95 bits per heavy atom. The summed E-state index contributed by atoms with van der Waals surface area (Å²) in [6, 6.07) is 12.9. The van der Waals surface area contributed by atoms with Crippen LogP contribution < -0.4 is 5.32 Å². The maximum absolute atomic E-state index is 12.2. The van der Waals surface area contributed by atoms with Gasteiger partial charge in [0.2, 0.25) is 0 Å². The molecule has 1 amide bonds. The van der Waals surface area contributed by atoms with Gasteiger partial charge in [0.1, 0.15) is 11.8 Å². The molecule has 0 spiro atoms. The Labute approximate surface area is 130 Å². The summed E-state index contributed by atoms with van der Waals surface area (Å²) in [5.41, 5.74) is 2.43. The molecule has 112 valence electrons. The number of nitrogens with one attached hydrogen (secondary N) is 1. The van der Waals surface area contributed by atoms with Crippen molar-refractivity contribution >= 4 is 17.3 Å². The molecule has 0 aliphatic carbocycles. The first-order chi connectivity index (χ1) is 10.7. The summed E-state index contributed by atoms with van der Waals surface area (Å²) in [5.74, 6) is -0.0750. The van der Waals surface area contributed by atoms with E-state index >= 15 is 0 Å². The molecule has 1 heterocycles. The highest BCUT2D eigenvalue weighted by Gasteiger charge is 2.13. The van der Waals surface area contributed by atoms with Gasteiger partial charge < -0.3 is 10.2 Å². The van der Waals surface area contributed by atoms with Crippen molar-refractivity contribution in [2.24, 2.45) is 0 Å². The number of amides is 1. The van der Waals surface area contributed by atoms with E-state index in [1.807, 2.05) is 32.0 Å². The largest absolute Gasteiger partial charge is 0.353 e. The zero-order valence-electron chi connectivity index (χ0n) is 12.7. The van der Waals surface area contributed by atoms with Gasteiger partial charge in [0, 0.05) is 13.1 Å². The predicted molar refractivity (Wildman–Crippen MR) is 85.9 cm³/mol. The van der Waals surface area contributed by atoms with Crippen LogP contribution in [-0.4, -0.2) is 28.9 Å². The van der Waals surface area contributed by atoms with Crippen LogP contribution in [0.1, 0.15) is 29.9 Å². The molecule has 5 heteroatoms. The highest BCUT2D eigenvalue weighted by atomic mass is 16.2. The Bertz CT molecular complexity index is 685. The van der Waals surface area contributed by atoms with Crippen LogP contribution in [0.5, 0.6) is 0 Å². The lowest BCUT2D eigenvalue weighted by atomic mass is 10.2. The highest BCUT2D eigenvalue weighted by molar-refractivity contribution is 5.92. The van der Waals surface area contributed by atoms with Gasteiger partial charge in [-0.25, -0.2) is 4.98 Å². The molecule has 0 aliphatic rings. The summed E-state index contributed by atoms with van der Waals surface area (Å²) < 4.78 is 0. The summed E-state index contributed by atoms with van der Waals surface area (Å²) in [6.07, 6.45) is 1.60. The van der Waals surface area contributed by atoms with E-state index in [2.05, 4.69) is 16.4 Å². The van der Waals surface area contributed by atoms with Crippen LogP contribution in [0.3, 0.4) is 0 Å². The lowest BCUT2D eigenvalue weighted by Gasteiger charge is -2.18. The lowest BCUT2D eigenvalue weighted by Crippen LogP contribution is -2.31. The molecule has 0 bridgehead atoms. The van der Waals surface area contributed by atoms with E-state index < -0.39 is 0 Å². The second kappa shape index (κ2) is 7.23. The SMILES string of the molecule is CCN(CC)C(=O)c1ccc(Nc2ccccc2C#N)cn1. The minimum Gasteiger partial charge on any atom is -0.353 e.